The molecule has 2 amide bonds. The summed E-state index contributed by atoms with van der Waals surface area (Å²) in [5.74, 6) is -0.147. The van der Waals surface area contributed by atoms with Crippen molar-refractivity contribution in [3.8, 4) is 0 Å². The number of thiazole rings is 1. The molecule has 0 saturated carbocycles. The first-order chi connectivity index (χ1) is 9.47. The molecule has 1 saturated heterocycles. The molecule has 20 heavy (non-hydrogen) atoms. The van der Waals surface area contributed by atoms with E-state index in [9.17, 15) is 9.59 Å². The minimum absolute atomic E-state index is 0.0200. The van der Waals surface area contributed by atoms with Gasteiger partial charge in [-0.05, 0) is 20.8 Å². The Labute approximate surface area is 123 Å². The van der Waals surface area contributed by atoms with Gasteiger partial charge < -0.3 is 10.2 Å². The molecule has 2 rings (SSSR count). The number of carbonyl (C=O) groups excluding carboxylic acids is 2. The minimum atomic E-state index is -0.206. The van der Waals surface area contributed by atoms with Crippen LogP contribution in [0.15, 0.2) is 5.38 Å². The molecule has 2 heterocycles. The summed E-state index contributed by atoms with van der Waals surface area (Å²) in [5.41, 5.74) is 1.01. The Hall–Kier alpha value is -1.43. The quantitative estimate of drug-likeness (QED) is 0.892. The predicted octanol–water partition coefficient (Wildman–Crippen LogP) is 1.37. The molecule has 6 heteroatoms. The normalized spacial score (nSPS) is 18.9. The Bertz CT molecular complexity index is 498. The molecule has 1 aliphatic rings. The van der Waals surface area contributed by atoms with E-state index in [4.69, 9.17) is 0 Å². The average Bonchev–Trinajstić information content (AvgIpc) is 2.95. The largest absolute Gasteiger partial charge is 0.355 e. The Morgan fingerprint density at radius 1 is 1.60 bits per heavy atom. The molecule has 1 unspecified atom stereocenters. The Kier molecular flexibility index (Phi) is 4.75. The van der Waals surface area contributed by atoms with Gasteiger partial charge in [0, 0.05) is 37.4 Å². The molecule has 110 valence electrons. The summed E-state index contributed by atoms with van der Waals surface area (Å²) in [7, 11) is 0. The van der Waals surface area contributed by atoms with E-state index in [1.165, 1.54) is 0 Å². The summed E-state index contributed by atoms with van der Waals surface area (Å²) in [5, 5.41) is 5.97. The summed E-state index contributed by atoms with van der Waals surface area (Å²) in [6, 6.07) is 0.165. The first-order valence-electron chi connectivity index (χ1n) is 6.95. The van der Waals surface area contributed by atoms with Crippen molar-refractivity contribution in [2.75, 3.05) is 13.1 Å². The van der Waals surface area contributed by atoms with E-state index in [-0.39, 0.29) is 23.8 Å². The fourth-order valence-corrected chi connectivity index (χ4v) is 3.03. The summed E-state index contributed by atoms with van der Waals surface area (Å²) in [6.45, 7) is 7.04. The number of nitrogens with zero attached hydrogens (tertiary/aromatic N) is 2. The van der Waals surface area contributed by atoms with Gasteiger partial charge >= 0.3 is 0 Å². The number of aromatic nitrogens is 1. The van der Waals surface area contributed by atoms with Crippen LogP contribution in [0.4, 0.5) is 0 Å². The fourth-order valence-electron chi connectivity index (χ4n) is 2.39. The highest BCUT2D eigenvalue weighted by Gasteiger charge is 2.35. The molecule has 1 fully saturated rings. The van der Waals surface area contributed by atoms with Gasteiger partial charge in [-0.1, -0.05) is 0 Å². The van der Waals surface area contributed by atoms with Crippen LogP contribution >= 0.6 is 11.3 Å². The first kappa shape index (κ1) is 15.0. The van der Waals surface area contributed by atoms with Gasteiger partial charge in [0.05, 0.1) is 16.6 Å². The standard InChI is InChI=1S/C14H21N3O2S/c1-9(2)17-7-11(6-13(17)18)14(19)15-5-4-12-8-20-10(3)16-12/h8-9,11H,4-7H2,1-3H3,(H,15,19). The molecule has 1 aliphatic heterocycles. The highest BCUT2D eigenvalue weighted by molar-refractivity contribution is 7.09. The van der Waals surface area contributed by atoms with Gasteiger partial charge in [0.25, 0.3) is 0 Å². The number of hydrogen-bond acceptors (Lipinski definition) is 4. The number of carbonyl (C=O) groups is 2. The molecule has 0 spiro atoms. The summed E-state index contributed by atoms with van der Waals surface area (Å²) in [6.07, 6.45) is 1.07. The van der Waals surface area contributed by atoms with Crippen LogP contribution in [0.5, 0.6) is 0 Å². The van der Waals surface area contributed by atoms with Crippen LogP contribution < -0.4 is 5.32 Å². The van der Waals surface area contributed by atoms with E-state index >= 15 is 0 Å². The van der Waals surface area contributed by atoms with Crippen LogP contribution in [0, 0.1) is 12.8 Å². The lowest BCUT2D eigenvalue weighted by atomic mass is 10.1. The number of rotatable bonds is 5. The predicted molar refractivity (Wildman–Crippen MR) is 78.5 cm³/mol. The summed E-state index contributed by atoms with van der Waals surface area (Å²) >= 11 is 1.62. The van der Waals surface area contributed by atoms with E-state index < -0.39 is 0 Å². The van der Waals surface area contributed by atoms with E-state index in [0.717, 1.165) is 17.1 Å². The maximum atomic E-state index is 12.0. The van der Waals surface area contributed by atoms with Crippen molar-refractivity contribution >= 4 is 23.2 Å². The summed E-state index contributed by atoms with van der Waals surface area (Å²) in [4.78, 5) is 29.9. The molecule has 0 aromatic carbocycles. The van der Waals surface area contributed by atoms with Gasteiger partial charge in [0.15, 0.2) is 0 Å². The molecule has 1 atom stereocenters. The number of aryl methyl sites for hydroxylation is 1. The van der Waals surface area contributed by atoms with Gasteiger partial charge in [-0.25, -0.2) is 4.98 Å². The highest BCUT2D eigenvalue weighted by atomic mass is 32.1. The van der Waals surface area contributed by atoms with Crippen molar-refractivity contribution in [3.05, 3.63) is 16.1 Å². The van der Waals surface area contributed by atoms with Crippen LogP contribution in [-0.4, -0.2) is 40.8 Å². The number of hydrogen-bond donors (Lipinski definition) is 1. The Morgan fingerprint density at radius 3 is 2.90 bits per heavy atom. The second kappa shape index (κ2) is 6.35. The third-order valence-corrected chi connectivity index (χ3v) is 4.32. The maximum Gasteiger partial charge on any atom is 0.225 e. The number of likely N-dealkylation sites (tertiary alicyclic amines) is 1. The van der Waals surface area contributed by atoms with Crippen molar-refractivity contribution < 1.29 is 9.59 Å². The van der Waals surface area contributed by atoms with Gasteiger partial charge in [-0.3, -0.25) is 9.59 Å². The zero-order valence-electron chi connectivity index (χ0n) is 12.2. The number of nitrogens with one attached hydrogen (secondary N) is 1. The molecular weight excluding hydrogens is 274 g/mol. The van der Waals surface area contributed by atoms with Crippen LogP contribution in [0.3, 0.4) is 0 Å². The van der Waals surface area contributed by atoms with Crippen molar-refractivity contribution in [2.45, 2.75) is 39.7 Å². The van der Waals surface area contributed by atoms with E-state index in [2.05, 4.69) is 10.3 Å². The van der Waals surface area contributed by atoms with Crippen LogP contribution in [-0.2, 0) is 16.0 Å². The van der Waals surface area contributed by atoms with Crippen molar-refractivity contribution in [2.24, 2.45) is 5.92 Å². The van der Waals surface area contributed by atoms with Crippen molar-refractivity contribution in [1.29, 1.82) is 0 Å². The van der Waals surface area contributed by atoms with Crippen LogP contribution in [0.1, 0.15) is 31.0 Å². The molecule has 5 nitrogen and oxygen atoms in total. The maximum absolute atomic E-state index is 12.0. The minimum Gasteiger partial charge on any atom is -0.355 e. The molecular formula is C14H21N3O2S. The van der Waals surface area contributed by atoms with Gasteiger partial charge in [0.2, 0.25) is 11.8 Å². The topological polar surface area (TPSA) is 62.3 Å². The second-order valence-electron chi connectivity index (χ2n) is 5.44. The fraction of sp³-hybridized carbons (Fsp3) is 0.643. The van der Waals surface area contributed by atoms with Crippen molar-refractivity contribution in [3.63, 3.8) is 0 Å². The summed E-state index contributed by atoms with van der Waals surface area (Å²) < 4.78 is 0. The average molecular weight is 295 g/mol. The zero-order valence-corrected chi connectivity index (χ0v) is 13.0. The Balaban J connectivity index is 1.77. The first-order valence-corrected chi connectivity index (χ1v) is 7.83. The molecule has 0 aliphatic carbocycles. The molecule has 1 aromatic heterocycles. The second-order valence-corrected chi connectivity index (χ2v) is 6.50. The lowest BCUT2D eigenvalue weighted by Crippen LogP contribution is -2.36. The smallest absolute Gasteiger partial charge is 0.225 e. The zero-order chi connectivity index (χ0) is 14.7. The SMILES string of the molecule is Cc1nc(CCNC(=O)C2CC(=O)N(C(C)C)C2)cs1. The lowest BCUT2D eigenvalue weighted by molar-refractivity contribution is -0.129. The van der Waals surface area contributed by atoms with Crippen LogP contribution in [0.2, 0.25) is 0 Å². The third-order valence-electron chi connectivity index (χ3n) is 3.50. The van der Waals surface area contributed by atoms with E-state index in [1.807, 2.05) is 26.2 Å². The van der Waals surface area contributed by atoms with E-state index in [0.29, 0.717) is 19.5 Å². The van der Waals surface area contributed by atoms with Crippen LogP contribution in [0.25, 0.3) is 0 Å². The number of amides is 2. The highest BCUT2D eigenvalue weighted by Crippen LogP contribution is 2.20. The molecule has 1 aromatic rings. The van der Waals surface area contributed by atoms with Gasteiger partial charge in [-0.15, -0.1) is 11.3 Å². The molecule has 0 radical (unpaired) electrons. The van der Waals surface area contributed by atoms with Gasteiger partial charge in [0.1, 0.15) is 0 Å². The van der Waals surface area contributed by atoms with E-state index in [1.54, 1.807) is 16.2 Å². The van der Waals surface area contributed by atoms with Gasteiger partial charge in [-0.2, -0.15) is 0 Å². The molecule has 0 bridgehead atoms. The lowest BCUT2D eigenvalue weighted by Gasteiger charge is -2.20. The molecule has 1 N–H and O–H groups in total. The van der Waals surface area contributed by atoms with Crippen molar-refractivity contribution in [1.82, 2.24) is 15.2 Å². The monoisotopic (exact) mass is 295 g/mol. The third kappa shape index (κ3) is 3.56. The Morgan fingerprint density at radius 2 is 2.35 bits per heavy atom.